The number of halogens is 1. The lowest BCUT2D eigenvalue weighted by Crippen LogP contribution is -2.12. The SMILES string of the molecule is CC(C)CNc1nccc(NCCc2ccc(Cl)cc2)n1. The Morgan fingerprint density at radius 1 is 1.10 bits per heavy atom. The van der Waals surface area contributed by atoms with E-state index in [1.54, 1.807) is 6.20 Å². The summed E-state index contributed by atoms with van der Waals surface area (Å²) < 4.78 is 0. The van der Waals surface area contributed by atoms with Crippen molar-refractivity contribution >= 4 is 23.4 Å². The zero-order valence-electron chi connectivity index (χ0n) is 12.4. The molecule has 2 rings (SSSR count). The standard InChI is InChI=1S/C16H21ClN4/c1-12(2)11-20-16-19-10-8-15(21-16)18-9-7-13-3-5-14(17)6-4-13/h3-6,8,10,12H,7,9,11H2,1-2H3,(H2,18,19,20,21). The van der Waals surface area contributed by atoms with Crippen molar-refractivity contribution in [2.75, 3.05) is 23.7 Å². The Morgan fingerprint density at radius 3 is 2.57 bits per heavy atom. The van der Waals surface area contributed by atoms with Crippen LogP contribution < -0.4 is 10.6 Å². The molecule has 0 spiro atoms. The molecule has 1 heterocycles. The fourth-order valence-corrected chi connectivity index (χ4v) is 1.95. The quantitative estimate of drug-likeness (QED) is 0.815. The van der Waals surface area contributed by atoms with Gasteiger partial charge in [0, 0.05) is 24.3 Å². The van der Waals surface area contributed by atoms with Gasteiger partial charge in [0.25, 0.3) is 0 Å². The van der Waals surface area contributed by atoms with Gasteiger partial charge < -0.3 is 10.6 Å². The first-order valence-electron chi connectivity index (χ1n) is 7.18. The van der Waals surface area contributed by atoms with Crippen LogP contribution in [0.3, 0.4) is 0 Å². The largest absolute Gasteiger partial charge is 0.370 e. The fraction of sp³-hybridized carbons (Fsp3) is 0.375. The number of nitrogens with one attached hydrogen (secondary N) is 2. The van der Waals surface area contributed by atoms with Crippen LogP contribution in [0.2, 0.25) is 5.02 Å². The van der Waals surface area contributed by atoms with E-state index in [2.05, 4.69) is 34.4 Å². The third-order valence-corrected chi connectivity index (χ3v) is 3.21. The molecule has 0 aliphatic heterocycles. The summed E-state index contributed by atoms with van der Waals surface area (Å²) in [7, 11) is 0. The third-order valence-electron chi connectivity index (χ3n) is 2.96. The van der Waals surface area contributed by atoms with Crippen molar-refractivity contribution in [3.05, 3.63) is 47.1 Å². The second-order valence-electron chi connectivity index (χ2n) is 5.34. The van der Waals surface area contributed by atoms with Crippen LogP contribution in [0.25, 0.3) is 0 Å². The van der Waals surface area contributed by atoms with Crippen molar-refractivity contribution < 1.29 is 0 Å². The molecule has 5 heteroatoms. The summed E-state index contributed by atoms with van der Waals surface area (Å²) in [6.07, 6.45) is 2.69. The Morgan fingerprint density at radius 2 is 1.86 bits per heavy atom. The molecule has 112 valence electrons. The van der Waals surface area contributed by atoms with Crippen LogP contribution in [-0.2, 0) is 6.42 Å². The maximum absolute atomic E-state index is 5.87. The van der Waals surface area contributed by atoms with E-state index in [4.69, 9.17) is 11.6 Å². The Balaban J connectivity index is 1.82. The normalized spacial score (nSPS) is 10.7. The molecule has 0 bridgehead atoms. The summed E-state index contributed by atoms with van der Waals surface area (Å²) >= 11 is 5.87. The number of benzene rings is 1. The predicted molar refractivity (Wildman–Crippen MR) is 89.0 cm³/mol. The number of rotatable bonds is 7. The summed E-state index contributed by atoms with van der Waals surface area (Å²) in [5.74, 6) is 2.07. The van der Waals surface area contributed by atoms with E-state index in [1.165, 1.54) is 5.56 Å². The topological polar surface area (TPSA) is 49.8 Å². The molecule has 0 saturated carbocycles. The molecule has 0 aliphatic rings. The molecule has 4 nitrogen and oxygen atoms in total. The highest BCUT2D eigenvalue weighted by Crippen LogP contribution is 2.11. The van der Waals surface area contributed by atoms with E-state index in [9.17, 15) is 0 Å². The average molecular weight is 305 g/mol. The van der Waals surface area contributed by atoms with Gasteiger partial charge in [-0.3, -0.25) is 0 Å². The minimum Gasteiger partial charge on any atom is -0.370 e. The van der Waals surface area contributed by atoms with E-state index in [0.717, 1.165) is 30.4 Å². The lowest BCUT2D eigenvalue weighted by Gasteiger charge is -2.09. The molecule has 0 radical (unpaired) electrons. The molecule has 0 atom stereocenters. The van der Waals surface area contributed by atoms with Crippen LogP contribution in [0.4, 0.5) is 11.8 Å². The van der Waals surface area contributed by atoms with Crippen molar-refractivity contribution in [2.45, 2.75) is 20.3 Å². The van der Waals surface area contributed by atoms with Gasteiger partial charge in [-0.2, -0.15) is 4.98 Å². The summed E-state index contributed by atoms with van der Waals surface area (Å²) in [4.78, 5) is 8.65. The average Bonchev–Trinajstić information content (AvgIpc) is 2.48. The number of nitrogens with zero attached hydrogens (tertiary/aromatic N) is 2. The molecule has 2 N–H and O–H groups in total. The maximum Gasteiger partial charge on any atom is 0.224 e. The van der Waals surface area contributed by atoms with Gasteiger partial charge in [0.05, 0.1) is 0 Å². The van der Waals surface area contributed by atoms with Gasteiger partial charge in [0.2, 0.25) is 5.95 Å². The molecule has 0 saturated heterocycles. The second-order valence-corrected chi connectivity index (χ2v) is 5.78. The van der Waals surface area contributed by atoms with E-state index < -0.39 is 0 Å². The van der Waals surface area contributed by atoms with Crippen LogP contribution in [0.5, 0.6) is 0 Å². The minimum atomic E-state index is 0.565. The summed E-state index contributed by atoms with van der Waals surface area (Å²) in [5, 5.41) is 7.30. The molecule has 0 aliphatic carbocycles. The zero-order chi connectivity index (χ0) is 15.1. The molecule has 21 heavy (non-hydrogen) atoms. The first-order valence-corrected chi connectivity index (χ1v) is 7.56. The maximum atomic E-state index is 5.87. The van der Waals surface area contributed by atoms with Gasteiger partial charge >= 0.3 is 0 Å². The number of aromatic nitrogens is 2. The van der Waals surface area contributed by atoms with Gasteiger partial charge in [-0.1, -0.05) is 37.6 Å². The first kappa shape index (κ1) is 15.6. The van der Waals surface area contributed by atoms with Gasteiger partial charge in [-0.05, 0) is 36.1 Å². The zero-order valence-corrected chi connectivity index (χ0v) is 13.2. The van der Waals surface area contributed by atoms with Crippen LogP contribution in [0, 0.1) is 5.92 Å². The number of hydrogen-bond donors (Lipinski definition) is 2. The summed E-state index contributed by atoms with van der Waals surface area (Å²) in [6, 6.07) is 9.78. The fourth-order valence-electron chi connectivity index (χ4n) is 1.82. The number of hydrogen-bond acceptors (Lipinski definition) is 4. The van der Waals surface area contributed by atoms with Crippen molar-refractivity contribution in [2.24, 2.45) is 5.92 Å². The van der Waals surface area contributed by atoms with Crippen molar-refractivity contribution in [3.63, 3.8) is 0 Å². The van der Waals surface area contributed by atoms with E-state index in [0.29, 0.717) is 11.9 Å². The molecule has 0 unspecified atom stereocenters. The molecule has 0 amide bonds. The van der Waals surface area contributed by atoms with Crippen molar-refractivity contribution in [3.8, 4) is 0 Å². The highest BCUT2D eigenvalue weighted by Gasteiger charge is 2.00. The smallest absolute Gasteiger partial charge is 0.224 e. The highest BCUT2D eigenvalue weighted by molar-refractivity contribution is 6.30. The lowest BCUT2D eigenvalue weighted by molar-refractivity contribution is 0.684. The van der Waals surface area contributed by atoms with Crippen LogP contribution in [-0.4, -0.2) is 23.1 Å². The highest BCUT2D eigenvalue weighted by atomic mass is 35.5. The van der Waals surface area contributed by atoms with E-state index >= 15 is 0 Å². The molecular weight excluding hydrogens is 284 g/mol. The van der Waals surface area contributed by atoms with Gasteiger partial charge in [0.15, 0.2) is 0 Å². The second kappa shape index (κ2) is 7.84. The van der Waals surface area contributed by atoms with E-state index in [-0.39, 0.29) is 0 Å². The van der Waals surface area contributed by atoms with Crippen molar-refractivity contribution in [1.29, 1.82) is 0 Å². The Bertz CT molecular complexity index is 554. The van der Waals surface area contributed by atoms with Gasteiger partial charge in [0.1, 0.15) is 5.82 Å². The lowest BCUT2D eigenvalue weighted by atomic mass is 10.1. The molecular formula is C16H21ClN4. The third kappa shape index (κ3) is 5.60. The van der Waals surface area contributed by atoms with Crippen LogP contribution in [0.15, 0.2) is 36.5 Å². The predicted octanol–water partition coefficient (Wildman–Crippen LogP) is 3.85. The molecule has 1 aromatic carbocycles. The Labute approximate surface area is 131 Å². The Hall–Kier alpha value is -1.81. The number of anilines is 2. The summed E-state index contributed by atoms with van der Waals surface area (Å²) in [6.45, 7) is 6.00. The molecule has 2 aromatic rings. The minimum absolute atomic E-state index is 0.565. The summed E-state index contributed by atoms with van der Waals surface area (Å²) in [5.41, 5.74) is 1.25. The Kier molecular flexibility index (Phi) is 5.81. The molecule has 0 fully saturated rings. The van der Waals surface area contributed by atoms with Crippen LogP contribution >= 0.6 is 11.6 Å². The van der Waals surface area contributed by atoms with Crippen molar-refractivity contribution in [1.82, 2.24) is 9.97 Å². The first-order chi connectivity index (χ1) is 10.1. The van der Waals surface area contributed by atoms with Gasteiger partial charge in [-0.15, -0.1) is 0 Å². The van der Waals surface area contributed by atoms with Gasteiger partial charge in [-0.25, -0.2) is 4.98 Å². The van der Waals surface area contributed by atoms with Crippen LogP contribution in [0.1, 0.15) is 19.4 Å². The van der Waals surface area contributed by atoms with E-state index in [1.807, 2.05) is 30.3 Å². The monoisotopic (exact) mass is 304 g/mol. The molecule has 1 aromatic heterocycles.